The molecule has 1 heterocycles. The fourth-order valence-corrected chi connectivity index (χ4v) is 3.43. The quantitative estimate of drug-likeness (QED) is 0.880. The van der Waals surface area contributed by atoms with Crippen molar-refractivity contribution < 1.29 is 0 Å². The Balaban J connectivity index is 1.83. The van der Waals surface area contributed by atoms with Crippen molar-refractivity contribution in [2.45, 2.75) is 46.1 Å². The summed E-state index contributed by atoms with van der Waals surface area (Å²) in [5, 5.41) is 12.3. The molecule has 3 rings (SSSR count). The third-order valence-electron chi connectivity index (χ3n) is 4.50. The average molecular weight is 285 g/mol. The third kappa shape index (κ3) is 3.06. The van der Waals surface area contributed by atoms with E-state index >= 15 is 0 Å². The maximum Gasteiger partial charge on any atom is 0.182 e. The summed E-state index contributed by atoms with van der Waals surface area (Å²) in [5.41, 5.74) is 8.78. The number of nitrogens with zero attached hydrogens (tertiary/aromatic N) is 4. The van der Waals surface area contributed by atoms with E-state index in [1.807, 2.05) is 29.8 Å². The Morgan fingerprint density at radius 2 is 2.19 bits per heavy atom. The second-order valence-corrected chi connectivity index (χ2v) is 6.40. The molecule has 5 heteroatoms. The number of aromatic nitrogens is 4. The zero-order valence-corrected chi connectivity index (χ0v) is 12.8. The lowest BCUT2D eigenvalue weighted by Crippen LogP contribution is -2.20. The predicted molar refractivity (Wildman–Crippen MR) is 83.5 cm³/mol. The first-order valence-corrected chi connectivity index (χ1v) is 7.76. The number of rotatable bonds is 3. The normalized spacial score (nSPS) is 22.4. The summed E-state index contributed by atoms with van der Waals surface area (Å²) in [4.78, 5) is 0. The van der Waals surface area contributed by atoms with Crippen LogP contribution in [0.4, 0.5) is 5.69 Å². The highest BCUT2D eigenvalue weighted by molar-refractivity contribution is 5.63. The Labute approximate surface area is 125 Å². The van der Waals surface area contributed by atoms with Crippen LogP contribution in [-0.4, -0.2) is 20.2 Å². The van der Waals surface area contributed by atoms with E-state index in [0.717, 1.165) is 35.1 Å². The van der Waals surface area contributed by atoms with Gasteiger partial charge in [-0.05, 0) is 65.8 Å². The van der Waals surface area contributed by atoms with Crippen LogP contribution in [0.15, 0.2) is 18.2 Å². The Bertz CT molecular complexity index is 619. The molecule has 1 fully saturated rings. The molecule has 0 aliphatic heterocycles. The van der Waals surface area contributed by atoms with Crippen molar-refractivity contribution in [3.63, 3.8) is 0 Å². The highest BCUT2D eigenvalue weighted by Gasteiger charge is 2.21. The summed E-state index contributed by atoms with van der Waals surface area (Å²) in [6.45, 7) is 5.31. The highest BCUT2D eigenvalue weighted by atomic mass is 15.5. The van der Waals surface area contributed by atoms with Gasteiger partial charge in [0.25, 0.3) is 0 Å². The third-order valence-corrected chi connectivity index (χ3v) is 4.50. The molecule has 2 aromatic rings. The second-order valence-electron chi connectivity index (χ2n) is 6.40. The first kappa shape index (κ1) is 14.0. The fourth-order valence-electron chi connectivity index (χ4n) is 3.43. The van der Waals surface area contributed by atoms with Crippen LogP contribution in [0.2, 0.25) is 0 Å². The van der Waals surface area contributed by atoms with Gasteiger partial charge in [0.2, 0.25) is 0 Å². The lowest BCUT2D eigenvalue weighted by Gasteiger charge is -2.26. The van der Waals surface area contributed by atoms with E-state index in [1.165, 1.54) is 25.7 Å². The van der Waals surface area contributed by atoms with Crippen molar-refractivity contribution in [1.82, 2.24) is 20.2 Å². The van der Waals surface area contributed by atoms with Crippen molar-refractivity contribution in [3.05, 3.63) is 23.8 Å². The van der Waals surface area contributed by atoms with Gasteiger partial charge >= 0.3 is 0 Å². The van der Waals surface area contributed by atoms with E-state index in [1.54, 1.807) is 0 Å². The molecule has 5 nitrogen and oxygen atoms in total. The number of aryl methyl sites for hydroxylation is 1. The lowest BCUT2D eigenvalue weighted by atomic mass is 9.82. The first-order valence-electron chi connectivity index (χ1n) is 7.76. The van der Waals surface area contributed by atoms with Crippen LogP contribution >= 0.6 is 0 Å². The molecular formula is C16H23N5. The van der Waals surface area contributed by atoms with Crippen LogP contribution in [0.25, 0.3) is 11.4 Å². The number of anilines is 1. The Morgan fingerprint density at radius 1 is 1.33 bits per heavy atom. The standard InChI is InChI=1S/C16H23N5/c1-11-4-3-5-13(8-11)10-21-16(18-19-20-21)15-7-6-14(17)9-12(15)2/h6-7,9,11,13H,3-5,8,10,17H2,1-2H3. The molecule has 0 radical (unpaired) electrons. The molecule has 0 spiro atoms. The fraction of sp³-hybridized carbons (Fsp3) is 0.562. The predicted octanol–water partition coefficient (Wildman–Crippen LogP) is 3.06. The van der Waals surface area contributed by atoms with Gasteiger partial charge in [-0.25, -0.2) is 4.68 Å². The summed E-state index contributed by atoms with van der Waals surface area (Å²) < 4.78 is 1.96. The van der Waals surface area contributed by atoms with E-state index in [-0.39, 0.29) is 0 Å². The first-order chi connectivity index (χ1) is 10.1. The minimum Gasteiger partial charge on any atom is -0.399 e. The largest absolute Gasteiger partial charge is 0.399 e. The van der Waals surface area contributed by atoms with Crippen LogP contribution in [0.5, 0.6) is 0 Å². The molecule has 0 bridgehead atoms. The van der Waals surface area contributed by atoms with Gasteiger partial charge in [0.05, 0.1) is 0 Å². The topological polar surface area (TPSA) is 69.6 Å². The Morgan fingerprint density at radius 3 is 2.95 bits per heavy atom. The molecule has 0 amide bonds. The van der Waals surface area contributed by atoms with Crippen LogP contribution in [0.1, 0.15) is 38.2 Å². The number of tetrazole rings is 1. The van der Waals surface area contributed by atoms with Crippen molar-refractivity contribution in [1.29, 1.82) is 0 Å². The number of benzene rings is 1. The van der Waals surface area contributed by atoms with E-state index in [4.69, 9.17) is 5.73 Å². The molecule has 2 atom stereocenters. The van der Waals surface area contributed by atoms with Crippen molar-refractivity contribution >= 4 is 5.69 Å². The Hall–Kier alpha value is -1.91. The molecule has 1 aliphatic rings. The molecule has 112 valence electrons. The molecule has 21 heavy (non-hydrogen) atoms. The van der Waals surface area contributed by atoms with Crippen LogP contribution in [0, 0.1) is 18.8 Å². The SMILES string of the molecule is Cc1cc(N)ccc1-c1nnnn1CC1CCCC(C)C1. The summed E-state index contributed by atoms with van der Waals surface area (Å²) in [7, 11) is 0. The molecule has 1 aliphatic carbocycles. The molecule has 0 saturated heterocycles. The van der Waals surface area contributed by atoms with Crippen LogP contribution in [0.3, 0.4) is 0 Å². The maximum atomic E-state index is 5.83. The van der Waals surface area contributed by atoms with Crippen LogP contribution in [-0.2, 0) is 6.54 Å². The van der Waals surface area contributed by atoms with Gasteiger partial charge in [0, 0.05) is 17.8 Å². The number of hydrogen-bond acceptors (Lipinski definition) is 4. The van der Waals surface area contributed by atoms with Gasteiger partial charge < -0.3 is 5.73 Å². The Kier molecular flexibility index (Phi) is 3.90. The molecule has 2 N–H and O–H groups in total. The van der Waals surface area contributed by atoms with Gasteiger partial charge in [-0.15, -0.1) is 5.10 Å². The average Bonchev–Trinajstić information content (AvgIpc) is 2.87. The monoisotopic (exact) mass is 285 g/mol. The summed E-state index contributed by atoms with van der Waals surface area (Å²) in [6.07, 6.45) is 5.24. The molecule has 2 unspecified atom stereocenters. The van der Waals surface area contributed by atoms with E-state index in [2.05, 4.69) is 22.4 Å². The van der Waals surface area contributed by atoms with Gasteiger partial charge in [-0.2, -0.15) is 0 Å². The summed E-state index contributed by atoms with van der Waals surface area (Å²) in [6, 6.07) is 5.89. The summed E-state index contributed by atoms with van der Waals surface area (Å²) >= 11 is 0. The van der Waals surface area contributed by atoms with Crippen molar-refractivity contribution in [3.8, 4) is 11.4 Å². The van der Waals surface area contributed by atoms with Crippen molar-refractivity contribution in [2.75, 3.05) is 5.73 Å². The van der Waals surface area contributed by atoms with E-state index in [9.17, 15) is 0 Å². The van der Waals surface area contributed by atoms with Gasteiger partial charge in [0.1, 0.15) is 0 Å². The number of nitrogens with two attached hydrogens (primary N) is 1. The minimum atomic E-state index is 0.685. The highest BCUT2D eigenvalue weighted by Crippen LogP contribution is 2.31. The smallest absolute Gasteiger partial charge is 0.182 e. The molecular weight excluding hydrogens is 262 g/mol. The minimum absolute atomic E-state index is 0.685. The van der Waals surface area contributed by atoms with Gasteiger partial charge in [0.15, 0.2) is 5.82 Å². The molecule has 1 saturated carbocycles. The molecule has 1 aromatic heterocycles. The zero-order chi connectivity index (χ0) is 14.8. The van der Waals surface area contributed by atoms with E-state index < -0.39 is 0 Å². The van der Waals surface area contributed by atoms with Crippen molar-refractivity contribution in [2.24, 2.45) is 11.8 Å². The lowest BCUT2D eigenvalue weighted by molar-refractivity contribution is 0.249. The van der Waals surface area contributed by atoms with Crippen LogP contribution < -0.4 is 5.73 Å². The van der Waals surface area contributed by atoms with Gasteiger partial charge in [-0.1, -0.05) is 19.8 Å². The number of hydrogen-bond donors (Lipinski definition) is 1. The van der Waals surface area contributed by atoms with E-state index in [0.29, 0.717) is 5.92 Å². The number of nitrogen functional groups attached to an aromatic ring is 1. The summed E-state index contributed by atoms with van der Waals surface area (Å²) in [5.74, 6) is 2.36. The zero-order valence-electron chi connectivity index (χ0n) is 12.8. The second kappa shape index (κ2) is 5.84. The molecule has 1 aromatic carbocycles. The maximum absolute atomic E-state index is 5.83. The van der Waals surface area contributed by atoms with Gasteiger partial charge in [-0.3, -0.25) is 0 Å².